The number of anilines is 1. The summed E-state index contributed by atoms with van der Waals surface area (Å²) in [5.74, 6) is 0.734. The predicted molar refractivity (Wildman–Crippen MR) is 100.0 cm³/mol. The molecule has 1 aliphatic heterocycles. The number of ether oxygens (including phenoxy) is 1. The topological polar surface area (TPSA) is 110 Å². The van der Waals surface area contributed by atoms with Crippen molar-refractivity contribution in [3.05, 3.63) is 41.0 Å². The number of morpholine rings is 1. The molecule has 3 amide bonds. The zero-order valence-corrected chi connectivity index (χ0v) is 15.9. The van der Waals surface area contributed by atoms with E-state index in [0.717, 1.165) is 18.4 Å². The number of nitrogens with zero attached hydrogens (tertiary/aromatic N) is 3. The average molecular weight is 385 g/mol. The van der Waals surface area contributed by atoms with Crippen molar-refractivity contribution in [1.29, 1.82) is 0 Å². The van der Waals surface area contributed by atoms with Crippen molar-refractivity contribution in [3.8, 4) is 0 Å². The van der Waals surface area contributed by atoms with Gasteiger partial charge in [0.2, 0.25) is 5.89 Å². The average Bonchev–Trinajstić information content (AvgIpc) is 3.40. The Morgan fingerprint density at radius 2 is 2.07 bits per heavy atom. The Bertz CT molecular complexity index is 892. The monoisotopic (exact) mass is 385 g/mol. The Morgan fingerprint density at radius 1 is 1.25 bits per heavy atom. The molecule has 0 bridgehead atoms. The van der Waals surface area contributed by atoms with Crippen LogP contribution in [0.2, 0.25) is 0 Å². The second-order valence-corrected chi connectivity index (χ2v) is 7.16. The van der Waals surface area contributed by atoms with E-state index in [2.05, 4.69) is 20.8 Å². The SMILES string of the molecule is Cc1nc(C2COCCN2C(=O)Nc2cc(C(=O)NC3CC3)ccc2C)no1. The lowest BCUT2D eigenvalue weighted by molar-refractivity contribution is 0.0110. The van der Waals surface area contributed by atoms with Gasteiger partial charge in [0.05, 0.1) is 13.2 Å². The Morgan fingerprint density at radius 3 is 2.79 bits per heavy atom. The van der Waals surface area contributed by atoms with Crippen molar-refractivity contribution in [2.24, 2.45) is 0 Å². The summed E-state index contributed by atoms with van der Waals surface area (Å²) in [7, 11) is 0. The summed E-state index contributed by atoms with van der Waals surface area (Å²) < 4.78 is 10.5. The van der Waals surface area contributed by atoms with E-state index >= 15 is 0 Å². The van der Waals surface area contributed by atoms with Gasteiger partial charge in [-0.15, -0.1) is 0 Å². The van der Waals surface area contributed by atoms with Crippen LogP contribution in [0.25, 0.3) is 0 Å². The number of hydrogen-bond acceptors (Lipinski definition) is 6. The maximum absolute atomic E-state index is 13.0. The van der Waals surface area contributed by atoms with Crippen LogP contribution in [0.3, 0.4) is 0 Å². The van der Waals surface area contributed by atoms with Crippen LogP contribution in [0, 0.1) is 13.8 Å². The lowest BCUT2D eigenvalue weighted by Gasteiger charge is -2.33. The summed E-state index contributed by atoms with van der Waals surface area (Å²) in [6.07, 6.45) is 2.05. The van der Waals surface area contributed by atoms with Gasteiger partial charge in [-0.05, 0) is 37.5 Å². The number of nitrogens with one attached hydrogen (secondary N) is 2. The summed E-state index contributed by atoms with van der Waals surface area (Å²) in [4.78, 5) is 31.1. The number of aryl methyl sites for hydroxylation is 2. The minimum atomic E-state index is -0.423. The minimum absolute atomic E-state index is 0.121. The molecule has 9 heteroatoms. The second kappa shape index (κ2) is 7.59. The first-order valence-corrected chi connectivity index (χ1v) is 9.38. The van der Waals surface area contributed by atoms with E-state index < -0.39 is 6.04 Å². The van der Waals surface area contributed by atoms with E-state index in [1.807, 2.05) is 13.0 Å². The highest BCUT2D eigenvalue weighted by molar-refractivity contribution is 5.97. The fourth-order valence-corrected chi connectivity index (χ4v) is 3.09. The summed E-state index contributed by atoms with van der Waals surface area (Å²) in [5, 5.41) is 9.80. The lowest BCUT2D eigenvalue weighted by atomic mass is 10.1. The molecule has 2 fully saturated rings. The maximum atomic E-state index is 13.0. The van der Waals surface area contributed by atoms with Crippen LogP contribution in [0.15, 0.2) is 22.7 Å². The molecule has 0 spiro atoms. The number of carbonyl (C=O) groups excluding carboxylic acids is 2. The van der Waals surface area contributed by atoms with Gasteiger partial charge in [0.1, 0.15) is 6.04 Å². The molecule has 28 heavy (non-hydrogen) atoms. The Balaban J connectivity index is 1.50. The summed E-state index contributed by atoms with van der Waals surface area (Å²) >= 11 is 0. The zero-order valence-electron chi connectivity index (χ0n) is 15.9. The van der Waals surface area contributed by atoms with E-state index in [4.69, 9.17) is 9.26 Å². The van der Waals surface area contributed by atoms with E-state index in [1.165, 1.54) is 0 Å². The van der Waals surface area contributed by atoms with Crippen LogP contribution in [0.4, 0.5) is 10.5 Å². The number of amides is 3. The van der Waals surface area contributed by atoms with Crippen molar-refractivity contribution in [2.45, 2.75) is 38.8 Å². The fraction of sp³-hybridized carbons (Fsp3) is 0.474. The van der Waals surface area contributed by atoms with Gasteiger partial charge < -0.3 is 24.8 Å². The molecule has 1 saturated carbocycles. The molecule has 1 aliphatic carbocycles. The van der Waals surface area contributed by atoms with Crippen molar-refractivity contribution in [2.75, 3.05) is 25.1 Å². The standard InChI is InChI=1S/C19H23N5O4/c1-11-3-4-13(18(25)21-14-5-6-14)9-15(11)22-19(26)24-7-8-27-10-16(24)17-20-12(2)28-23-17/h3-4,9,14,16H,5-8,10H2,1-2H3,(H,21,25)(H,22,26). The quantitative estimate of drug-likeness (QED) is 0.835. The van der Waals surface area contributed by atoms with Crippen LogP contribution in [0.1, 0.15) is 46.5 Å². The van der Waals surface area contributed by atoms with Crippen molar-refractivity contribution >= 4 is 17.6 Å². The predicted octanol–water partition coefficient (Wildman–Crippen LogP) is 2.18. The molecule has 2 N–H and O–H groups in total. The van der Waals surface area contributed by atoms with E-state index in [0.29, 0.717) is 42.7 Å². The van der Waals surface area contributed by atoms with Crippen LogP contribution < -0.4 is 10.6 Å². The molecule has 2 aliphatic rings. The summed E-state index contributed by atoms with van der Waals surface area (Å²) in [5.41, 5.74) is 2.00. The number of aromatic nitrogens is 2. The molecule has 4 rings (SSSR count). The molecular weight excluding hydrogens is 362 g/mol. The van der Waals surface area contributed by atoms with Gasteiger partial charge in [0, 0.05) is 30.8 Å². The molecule has 2 aromatic rings. The van der Waals surface area contributed by atoms with Crippen molar-refractivity contribution in [3.63, 3.8) is 0 Å². The highest BCUT2D eigenvalue weighted by Crippen LogP contribution is 2.25. The highest BCUT2D eigenvalue weighted by atomic mass is 16.5. The number of urea groups is 1. The number of carbonyl (C=O) groups is 2. The van der Waals surface area contributed by atoms with Gasteiger partial charge in [-0.1, -0.05) is 11.2 Å². The summed E-state index contributed by atoms with van der Waals surface area (Å²) in [6.45, 7) is 4.73. The Kier molecular flexibility index (Phi) is 4.99. The van der Waals surface area contributed by atoms with Crippen molar-refractivity contribution < 1.29 is 18.8 Å². The third kappa shape index (κ3) is 3.99. The van der Waals surface area contributed by atoms with Gasteiger partial charge >= 0.3 is 6.03 Å². The lowest BCUT2D eigenvalue weighted by Crippen LogP contribution is -2.46. The third-order valence-corrected chi connectivity index (χ3v) is 4.88. The first-order valence-electron chi connectivity index (χ1n) is 9.38. The Labute approximate surface area is 162 Å². The van der Waals surface area contributed by atoms with E-state index in [1.54, 1.807) is 24.0 Å². The molecule has 0 radical (unpaired) electrons. The smallest absolute Gasteiger partial charge is 0.322 e. The third-order valence-electron chi connectivity index (χ3n) is 4.88. The van der Waals surface area contributed by atoms with Gasteiger partial charge in [-0.3, -0.25) is 4.79 Å². The fourth-order valence-electron chi connectivity index (χ4n) is 3.09. The maximum Gasteiger partial charge on any atom is 0.322 e. The van der Waals surface area contributed by atoms with Crippen LogP contribution in [0.5, 0.6) is 0 Å². The molecule has 1 aromatic heterocycles. The van der Waals surface area contributed by atoms with Crippen LogP contribution >= 0.6 is 0 Å². The van der Waals surface area contributed by atoms with Gasteiger partial charge in [-0.2, -0.15) is 4.98 Å². The molecule has 2 heterocycles. The van der Waals surface area contributed by atoms with E-state index in [9.17, 15) is 9.59 Å². The Hall–Kier alpha value is -2.94. The van der Waals surface area contributed by atoms with E-state index in [-0.39, 0.29) is 18.0 Å². The van der Waals surface area contributed by atoms with Crippen LogP contribution in [-0.2, 0) is 4.74 Å². The summed E-state index contributed by atoms with van der Waals surface area (Å²) in [6, 6.07) is 4.86. The molecule has 1 unspecified atom stereocenters. The zero-order chi connectivity index (χ0) is 19.7. The molecule has 1 atom stereocenters. The highest BCUT2D eigenvalue weighted by Gasteiger charge is 2.32. The first kappa shape index (κ1) is 18.4. The van der Waals surface area contributed by atoms with Crippen molar-refractivity contribution in [1.82, 2.24) is 20.4 Å². The normalized spacial score (nSPS) is 19.4. The number of rotatable bonds is 4. The molecule has 1 saturated heterocycles. The minimum Gasteiger partial charge on any atom is -0.377 e. The molecule has 9 nitrogen and oxygen atoms in total. The largest absolute Gasteiger partial charge is 0.377 e. The first-order chi connectivity index (χ1) is 13.5. The number of hydrogen-bond donors (Lipinski definition) is 2. The number of benzene rings is 1. The van der Waals surface area contributed by atoms with Gasteiger partial charge in [-0.25, -0.2) is 4.79 Å². The van der Waals surface area contributed by atoms with Gasteiger partial charge in [0.15, 0.2) is 5.82 Å². The molecule has 148 valence electrons. The molecule has 1 aromatic carbocycles. The van der Waals surface area contributed by atoms with Gasteiger partial charge in [0.25, 0.3) is 5.91 Å². The molecular formula is C19H23N5O4. The second-order valence-electron chi connectivity index (χ2n) is 7.16. The van der Waals surface area contributed by atoms with Crippen LogP contribution in [-0.4, -0.2) is 52.8 Å².